The summed E-state index contributed by atoms with van der Waals surface area (Å²) in [5.74, 6) is 0.752. The molecule has 0 bridgehead atoms. The Bertz CT molecular complexity index is 618. The van der Waals surface area contributed by atoms with Crippen molar-refractivity contribution in [1.29, 1.82) is 0 Å². The lowest BCUT2D eigenvalue weighted by Gasteiger charge is -2.32. The van der Waals surface area contributed by atoms with Crippen LogP contribution in [-0.2, 0) is 9.59 Å². The van der Waals surface area contributed by atoms with Gasteiger partial charge in [-0.15, -0.1) is 0 Å². The van der Waals surface area contributed by atoms with E-state index in [0.717, 1.165) is 31.6 Å². The van der Waals surface area contributed by atoms with Crippen molar-refractivity contribution in [3.05, 3.63) is 29.3 Å². The summed E-state index contributed by atoms with van der Waals surface area (Å²) in [5, 5.41) is 0. The first kappa shape index (κ1) is 16.0. The van der Waals surface area contributed by atoms with Gasteiger partial charge in [-0.3, -0.25) is 9.59 Å². The van der Waals surface area contributed by atoms with Crippen LogP contribution in [0.4, 0.5) is 5.69 Å². The van der Waals surface area contributed by atoms with E-state index in [-0.39, 0.29) is 17.7 Å². The van der Waals surface area contributed by atoms with Gasteiger partial charge in [-0.25, -0.2) is 0 Å². The third-order valence-corrected chi connectivity index (χ3v) is 5.37. The number of hydrogen-bond acceptors (Lipinski definition) is 2. The molecule has 0 aromatic heterocycles. The van der Waals surface area contributed by atoms with Gasteiger partial charge in [0.05, 0.1) is 5.92 Å². The number of piperidine rings is 1. The van der Waals surface area contributed by atoms with E-state index in [0.29, 0.717) is 18.9 Å². The zero-order valence-corrected chi connectivity index (χ0v) is 14.3. The molecule has 1 aromatic carbocycles. The molecule has 124 valence electrons. The van der Waals surface area contributed by atoms with Crippen molar-refractivity contribution in [2.24, 2.45) is 11.8 Å². The second-order valence-corrected chi connectivity index (χ2v) is 7.18. The van der Waals surface area contributed by atoms with Gasteiger partial charge in [0.15, 0.2) is 0 Å². The molecule has 0 N–H and O–H groups in total. The summed E-state index contributed by atoms with van der Waals surface area (Å²) in [7, 11) is 0. The Labute approximate surface area is 138 Å². The normalized spacial score (nSPS) is 22.7. The van der Waals surface area contributed by atoms with Crippen LogP contribution in [0.3, 0.4) is 0 Å². The van der Waals surface area contributed by atoms with E-state index in [1.807, 2.05) is 23.1 Å². The smallest absolute Gasteiger partial charge is 0.228 e. The Hall–Kier alpha value is -1.84. The Balaban J connectivity index is 1.69. The van der Waals surface area contributed by atoms with Gasteiger partial charge in [0.1, 0.15) is 0 Å². The topological polar surface area (TPSA) is 40.6 Å². The summed E-state index contributed by atoms with van der Waals surface area (Å²) in [5.41, 5.74) is 3.31. The first-order chi connectivity index (χ1) is 11.0. The van der Waals surface area contributed by atoms with Gasteiger partial charge >= 0.3 is 0 Å². The molecule has 2 heterocycles. The second kappa shape index (κ2) is 6.34. The monoisotopic (exact) mass is 314 g/mol. The minimum Gasteiger partial charge on any atom is -0.342 e. The minimum atomic E-state index is -0.183. The highest BCUT2D eigenvalue weighted by atomic mass is 16.2. The third-order valence-electron chi connectivity index (χ3n) is 5.37. The second-order valence-electron chi connectivity index (χ2n) is 7.18. The number of anilines is 1. The third kappa shape index (κ3) is 3.26. The SMILES string of the molecule is Cc1ccc(N2CC(C(=O)N3CCC(C)CC3)CC2=O)cc1C. The largest absolute Gasteiger partial charge is 0.342 e. The Morgan fingerprint density at radius 1 is 1.13 bits per heavy atom. The number of carbonyl (C=O) groups is 2. The van der Waals surface area contributed by atoms with Crippen molar-refractivity contribution in [3.63, 3.8) is 0 Å². The van der Waals surface area contributed by atoms with Crippen molar-refractivity contribution >= 4 is 17.5 Å². The zero-order chi connectivity index (χ0) is 16.6. The summed E-state index contributed by atoms with van der Waals surface area (Å²) >= 11 is 0. The van der Waals surface area contributed by atoms with E-state index in [9.17, 15) is 9.59 Å². The molecule has 4 nitrogen and oxygen atoms in total. The fourth-order valence-corrected chi connectivity index (χ4v) is 3.50. The van der Waals surface area contributed by atoms with Crippen molar-refractivity contribution in [2.75, 3.05) is 24.5 Å². The standard InChI is InChI=1S/C19H26N2O2/c1-13-6-8-20(9-7-13)19(23)16-11-18(22)21(12-16)17-5-4-14(2)15(3)10-17/h4-5,10,13,16H,6-9,11-12H2,1-3H3. The van der Waals surface area contributed by atoms with Gasteiger partial charge < -0.3 is 9.80 Å². The van der Waals surface area contributed by atoms with Gasteiger partial charge in [-0.1, -0.05) is 13.0 Å². The molecular formula is C19H26N2O2. The van der Waals surface area contributed by atoms with E-state index in [1.165, 1.54) is 11.1 Å². The Kier molecular flexibility index (Phi) is 4.42. The molecule has 3 rings (SSSR count). The molecule has 2 fully saturated rings. The van der Waals surface area contributed by atoms with Crippen molar-refractivity contribution in [1.82, 2.24) is 4.90 Å². The van der Waals surface area contributed by atoms with Crippen LogP contribution in [0.5, 0.6) is 0 Å². The molecule has 4 heteroatoms. The molecule has 1 atom stereocenters. The summed E-state index contributed by atoms with van der Waals surface area (Å²) in [4.78, 5) is 28.8. The van der Waals surface area contributed by atoms with E-state index in [1.54, 1.807) is 4.90 Å². The zero-order valence-electron chi connectivity index (χ0n) is 14.3. The lowest BCUT2D eigenvalue weighted by molar-refractivity contribution is -0.137. The molecule has 1 aromatic rings. The highest BCUT2D eigenvalue weighted by Crippen LogP contribution is 2.29. The number of hydrogen-bond donors (Lipinski definition) is 0. The Morgan fingerprint density at radius 2 is 1.83 bits per heavy atom. The van der Waals surface area contributed by atoms with Gasteiger partial charge in [0, 0.05) is 31.7 Å². The highest BCUT2D eigenvalue weighted by Gasteiger charge is 2.37. The Morgan fingerprint density at radius 3 is 2.48 bits per heavy atom. The molecule has 0 radical (unpaired) electrons. The molecule has 0 saturated carbocycles. The quantitative estimate of drug-likeness (QED) is 0.842. The van der Waals surface area contributed by atoms with E-state index < -0.39 is 0 Å². The lowest BCUT2D eigenvalue weighted by Crippen LogP contribution is -2.42. The van der Waals surface area contributed by atoms with Crippen LogP contribution in [0.15, 0.2) is 18.2 Å². The maximum atomic E-state index is 12.7. The molecule has 23 heavy (non-hydrogen) atoms. The first-order valence-electron chi connectivity index (χ1n) is 8.62. The summed E-state index contributed by atoms with van der Waals surface area (Å²) in [6.07, 6.45) is 2.50. The number of aryl methyl sites for hydroxylation is 2. The van der Waals surface area contributed by atoms with Crippen LogP contribution in [-0.4, -0.2) is 36.3 Å². The number of nitrogens with zero attached hydrogens (tertiary/aromatic N) is 2. The fourth-order valence-electron chi connectivity index (χ4n) is 3.50. The summed E-state index contributed by atoms with van der Waals surface area (Å²) < 4.78 is 0. The van der Waals surface area contributed by atoms with Gasteiger partial charge in [0.25, 0.3) is 0 Å². The highest BCUT2D eigenvalue weighted by molar-refractivity contribution is 6.00. The van der Waals surface area contributed by atoms with E-state index >= 15 is 0 Å². The fraction of sp³-hybridized carbons (Fsp3) is 0.579. The van der Waals surface area contributed by atoms with E-state index in [4.69, 9.17) is 0 Å². The van der Waals surface area contributed by atoms with Crippen LogP contribution in [0, 0.1) is 25.7 Å². The number of likely N-dealkylation sites (tertiary alicyclic amines) is 1. The average Bonchev–Trinajstić information content (AvgIpc) is 2.92. The number of carbonyl (C=O) groups excluding carboxylic acids is 2. The van der Waals surface area contributed by atoms with Crippen molar-refractivity contribution in [2.45, 2.75) is 40.0 Å². The molecule has 0 spiro atoms. The molecular weight excluding hydrogens is 288 g/mol. The van der Waals surface area contributed by atoms with Crippen molar-refractivity contribution in [3.8, 4) is 0 Å². The number of benzene rings is 1. The molecule has 0 aliphatic carbocycles. The first-order valence-corrected chi connectivity index (χ1v) is 8.62. The molecule has 2 saturated heterocycles. The van der Waals surface area contributed by atoms with Gasteiger partial charge in [0.2, 0.25) is 11.8 Å². The summed E-state index contributed by atoms with van der Waals surface area (Å²) in [6.45, 7) is 8.56. The van der Waals surface area contributed by atoms with Gasteiger partial charge in [-0.2, -0.15) is 0 Å². The van der Waals surface area contributed by atoms with Crippen molar-refractivity contribution < 1.29 is 9.59 Å². The van der Waals surface area contributed by atoms with Crippen LogP contribution in [0.25, 0.3) is 0 Å². The predicted octanol–water partition coefficient (Wildman–Crippen LogP) is 2.91. The maximum absolute atomic E-state index is 12.7. The lowest BCUT2D eigenvalue weighted by atomic mass is 9.97. The number of rotatable bonds is 2. The predicted molar refractivity (Wildman–Crippen MR) is 91.4 cm³/mol. The summed E-state index contributed by atoms with van der Waals surface area (Å²) in [6, 6.07) is 6.07. The van der Waals surface area contributed by atoms with Gasteiger partial charge in [-0.05, 0) is 55.9 Å². The number of amides is 2. The minimum absolute atomic E-state index is 0.0666. The molecule has 2 amide bonds. The van der Waals surface area contributed by atoms with Crippen LogP contribution >= 0.6 is 0 Å². The van der Waals surface area contributed by atoms with Crippen LogP contribution in [0.2, 0.25) is 0 Å². The molecule has 2 aliphatic rings. The van der Waals surface area contributed by atoms with E-state index in [2.05, 4.69) is 20.8 Å². The van der Waals surface area contributed by atoms with Crippen LogP contribution in [0.1, 0.15) is 37.3 Å². The molecule has 2 aliphatic heterocycles. The average molecular weight is 314 g/mol. The molecule has 1 unspecified atom stereocenters. The maximum Gasteiger partial charge on any atom is 0.228 e. The van der Waals surface area contributed by atoms with Crippen LogP contribution < -0.4 is 4.90 Å².